The van der Waals surface area contributed by atoms with Crippen LogP contribution in [0.2, 0.25) is 12.1 Å². The van der Waals surface area contributed by atoms with Crippen molar-refractivity contribution < 1.29 is 10.2 Å². The van der Waals surface area contributed by atoms with Crippen molar-refractivity contribution in [1.29, 1.82) is 0 Å². The van der Waals surface area contributed by atoms with E-state index in [9.17, 15) is 0 Å². The highest BCUT2D eigenvalue weighted by atomic mass is 28.2. The van der Waals surface area contributed by atoms with E-state index in [4.69, 9.17) is 10.2 Å². The second-order valence-electron chi connectivity index (χ2n) is 2.15. The van der Waals surface area contributed by atoms with Crippen LogP contribution in [0.1, 0.15) is 13.3 Å². The molecule has 0 spiro atoms. The fourth-order valence-electron chi connectivity index (χ4n) is 0.589. The first-order valence-electron chi connectivity index (χ1n) is 3.41. The molecule has 55 valence electrons. The molecule has 0 aliphatic heterocycles. The van der Waals surface area contributed by atoms with E-state index in [-0.39, 0.29) is 6.61 Å². The van der Waals surface area contributed by atoms with E-state index < -0.39 is 6.10 Å². The summed E-state index contributed by atoms with van der Waals surface area (Å²) in [6, 6.07) is 2.06. The minimum Gasteiger partial charge on any atom is -0.394 e. The van der Waals surface area contributed by atoms with E-state index in [1.807, 2.05) is 0 Å². The van der Waals surface area contributed by atoms with Crippen LogP contribution in [-0.2, 0) is 0 Å². The maximum atomic E-state index is 8.86. The summed E-state index contributed by atoms with van der Waals surface area (Å²) in [5.74, 6) is 0. The van der Waals surface area contributed by atoms with Crippen LogP contribution >= 0.6 is 0 Å². The van der Waals surface area contributed by atoms with Gasteiger partial charge in [0, 0.05) is 9.52 Å². The van der Waals surface area contributed by atoms with Gasteiger partial charge in [0.15, 0.2) is 0 Å². The second-order valence-corrected chi connectivity index (χ2v) is 3.78. The van der Waals surface area contributed by atoms with Gasteiger partial charge >= 0.3 is 0 Å². The van der Waals surface area contributed by atoms with Crippen molar-refractivity contribution in [2.45, 2.75) is 31.5 Å². The van der Waals surface area contributed by atoms with Gasteiger partial charge in [-0.25, -0.2) is 0 Å². The van der Waals surface area contributed by atoms with Crippen LogP contribution in [0.4, 0.5) is 0 Å². The zero-order valence-electron chi connectivity index (χ0n) is 5.88. The van der Waals surface area contributed by atoms with Gasteiger partial charge in [-0.2, -0.15) is 0 Å². The predicted molar refractivity (Wildman–Crippen MR) is 40.1 cm³/mol. The van der Waals surface area contributed by atoms with Crippen molar-refractivity contribution >= 4 is 9.52 Å². The second kappa shape index (κ2) is 6.26. The molecule has 0 bridgehead atoms. The Labute approximate surface area is 58.7 Å². The molecule has 0 amide bonds. The monoisotopic (exact) mass is 147 g/mol. The first-order chi connectivity index (χ1) is 4.31. The largest absolute Gasteiger partial charge is 0.394 e. The van der Waals surface area contributed by atoms with Crippen LogP contribution in [-0.4, -0.2) is 32.4 Å². The molecule has 0 aliphatic carbocycles. The van der Waals surface area contributed by atoms with Crippen molar-refractivity contribution in [1.82, 2.24) is 0 Å². The molecule has 0 aliphatic rings. The molecular formula is C6H15O2Si. The molecule has 9 heavy (non-hydrogen) atoms. The standard InChI is InChI=1S/C6H15O2Si/c1-2-3-9-5-6(8)4-7/h6-9H,2-5H2,1H3. The Hall–Kier alpha value is 0.137. The highest BCUT2D eigenvalue weighted by Gasteiger charge is 1.99. The minimum absolute atomic E-state index is 0.0727. The number of rotatable bonds is 5. The summed E-state index contributed by atoms with van der Waals surface area (Å²) in [5, 5.41) is 17.3. The maximum Gasteiger partial charge on any atom is 0.0743 e. The highest BCUT2D eigenvalue weighted by Crippen LogP contribution is 1.94. The van der Waals surface area contributed by atoms with Gasteiger partial charge < -0.3 is 10.2 Å². The zero-order valence-corrected chi connectivity index (χ0v) is 7.03. The van der Waals surface area contributed by atoms with Crippen LogP contribution in [0.25, 0.3) is 0 Å². The summed E-state index contributed by atoms with van der Waals surface area (Å²) in [4.78, 5) is 0. The molecule has 2 N–H and O–H groups in total. The maximum absolute atomic E-state index is 8.86. The van der Waals surface area contributed by atoms with E-state index in [1.54, 1.807) is 0 Å². The van der Waals surface area contributed by atoms with Crippen LogP contribution in [0.3, 0.4) is 0 Å². The predicted octanol–water partition coefficient (Wildman–Crippen LogP) is 0.0227. The number of hydrogen-bond acceptors (Lipinski definition) is 2. The van der Waals surface area contributed by atoms with Gasteiger partial charge in [0.25, 0.3) is 0 Å². The lowest BCUT2D eigenvalue weighted by molar-refractivity contribution is 0.110. The van der Waals surface area contributed by atoms with Crippen molar-refractivity contribution in [3.8, 4) is 0 Å². The molecule has 0 saturated carbocycles. The third kappa shape index (κ3) is 6.02. The molecule has 2 nitrogen and oxygen atoms in total. The fraction of sp³-hybridized carbons (Fsp3) is 1.00. The third-order valence-corrected chi connectivity index (χ3v) is 3.01. The fourth-order valence-corrected chi connectivity index (χ4v) is 1.77. The van der Waals surface area contributed by atoms with Gasteiger partial charge in [0.2, 0.25) is 0 Å². The summed E-state index contributed by atoms with van der Waals surface area (Å²) in [7, 11) is 0.376. The first-order valence-corrected chi connectivity index (χ1v) is 5.05. The van der Waals surface area contributed by atoms with Gasteiger partial charge in [0.05, 0.1) is 12.7 Å². The van der Waals surface area contributed by atoms with Gasteiger partial charge in [-0.1, -0.05) is 19.4 Å². The zero-order chi connectivity index (χ0) is 7.11. The van der Waals surface area contributed by atoms with Crippen LogP contribution in [0.5, 0.6) is 0 Å². The van der Waals surface area contributed by atoms with E-state index in [1.165, 1.54) is 12.5 Å². The average Bonchev–Trinajstić information content (AvgIpc) is 1.89. The van der Waals surface area contributed by atoms with E-state index in [0.717, 1.165) is 6.04 Å². The van der Waals surface area contributed by atoms with Crippen LogP contribution < -0.4 is 0 Å². The van der Waals surface area contributed by atoms with Crippen molar-refractivity contribution in [3.63, 3.8) is 0 Å². The molecule has 1 atom stereocenters. The molecule has 0 aromatic carbocycles. The Kier molecular flexibility index (Phi) is 6.35. The highest BCUT2D eigenvalue weighted by molar-refractivity contribution is 6.35. The lowest BCUT2D eigenvalue weighted by atomic mass is 10.4. The summed E-state index contributed by atoms with van der Waals surface area (Å²) in [6.07, 6.45) is 0.750. The third-order valence-electron chi connectivity index (χ3n) is 1.14. The molecule has 3 heteroatoms. The number of aliphatic hydroxyl groups is 2. The molecule has 1 unspecified atom stereocenters. The molecule has 0 fully saturated rings. The Bertz CT molecular complexity index is 59.0. The topological polar surface area (TPSA) is 40.5 Å². The smallest absolute Gasteiger partial charge is 0.0743 e. The lowest BCUT2D eigenvalue weighted by Gasteiger charge is -2.03. The average molecular weight is 147 g/mol. The van der Waals surface area contributed by atoms with Crippen molar-refractivity contribution in [2.75, 3.05) is 6.61 Å². The number of aliphatic hydroxyl groups excluding tert-OH is 2. The molecule has 0 heterocycles. The Morgan fingerprint density at radius 3 is 2.67 bits per heavy atom. The van der Waals surface area contributed by atoms with Gasteiger partial charge in [-0.05, 0) is 6.04 Å². The molecule has 0 saturated heterocycles. The van der Waals surface area contributed by atoms with Crippen molar-refractivity contribution in [2.24, 2.45) is 0 Å². The van der Waals surface area contributed by atoms with E-state index in [0.29, 0.717) is 9.52 Å². The van der Waals surface area contributed by atoms with Gasteiger partial charge in [0.1, 0.15) is 0 Å². The van der Waals surface area contributed by atoms with Gasteiger partial charge in [-0.15, -0.1) is 0 Å². The summed E-state index contributed by atoms with van der Waals surface area (Å²) in [5.41, 5.74) is 0. The molecular weight excluding hydrogens is 132 g/mol. The van der Waals surface area contributed by atoms with E-state index in [2.05, 4.69) is 6.92 Å². The SMILES string of the molecule is CCC[SiH]CC(O)CO. The molecule has 1 radical (unpaired) electrons. The quantitative estimate of drug-likeness (QED) is 0.425. The Morgan fingerprint density at radius 1 is 1.56 bits per heavy atom. The Balaban J connectivity index is 2.88. The minimum atomic E-state index is -0.452. The van der Waals surface area contributed by atoms with Gasteiger partial charge in [-0.3, -0.25) is 0 Å². The molecule has 0 aromatic heterocycles. The normalized spacial score (nSPS) is 13.7. The number of hydrogen-bond donors (Lipinski definition) is 2. The van der Waals surface area contributed by atoms with Crippen LogP contribution in [0.15, 0.2) is 0 Å². The summed E-state index contributed by atoms with van der Waals surface area (Å²) < 4.78 is 0. The first kappa shape index (κ1) is 9.14. The van der Waals surface area contributed by atoms with Crippen molar-refractivity contribution in [3.05, 3.63) is 0 Å². The lowest BCUT2D eigenvalue weighted by Crippen LogP contribution is -2.13. The van der Waals surface area contributed by atoms with Crippen LogP contribution in [0, 0.1) is 0 Å². The summed E-state index contributed by atoms with van der Waals surface area (Å²) in [6.45, 7) is 2.06. The summed E-state index contributed by atoms with van der Waals surface area (Å²) >= 11 is 0. The molecule has 0 aromatic rings. The Morgan fingerprint density at radius 2 is 2.22 bits per heavy atom. The molecule has 0 rings (SSSR count). The van der Waals surface area contributed by atoms with E-state index >= 15 is 0 Å².